The number of rotatable bonds is 5. The SMILES string of the molecule is CC(O)CCN(C)c1nnccc1/C(N)=N/O. The Morgan fingerprint density at radius 2 is 2.35 bits per heavy atom. The fourth-order valence-corrected chi connectivity index (χ4v) is 1.35. The van der Waals surface area contributed by atoms with Crippen LogP contribution in [0.15, 0.2) is 17.4 Å². The largest absolute Gasteiger partial charge is 0.409 e. The fourth-order valence-electron chi connectivity index (χ4n) is 1.35. The molecule has 17 heavy (non-hydrogen) atoms. The molecule has 1 rings (SSSR count). The second-order valence-electron chi connectivity index (χ2n) is 3.81. The highest BCUT2D eigenvalue weighted by Crippen LogP contribution is 2.14. The zero-order valence-corrected chi connectivity index (χ0v) is 9.91. The number of hydrogen-bond acceptors (Lipinski definition) is 6. The van der Waals surface area contributed by atoms with Crippen LogP contribution in [0.3, 0.4) is 0 Å². The number of nitrogens with zero attached hydrogens (tertiary/aromatic N) is 4. The number of aliphatic hydroxyl groups is 1. The molecule has 7 heteroatoms. The highest BCUT2D eigenvalue weighted by molar-refractivity contribution is 6.01. The molecule has 1 aromatic heterocycles. The smallest absolute Gasteiger partial charge is 0.173 e. The van der Waals surface area contributed by atoms with Gasteiger partial charge in [-0.3, -0.25) is 0 Å². The Morgan fingerprint density at radius 1 is 1.65 bits per heavy atom. The Bertz CT molecular complexity index is 394. The molecule has 0 aliphatic heterocycles. The molecule has 94 valence electrons. The van der Waals surface area contributed by atoms with Gasteiger partial charge in [0.1, 0.15) is 0 Å². The molecule has 0 amide bonds. The molecule has 0 radical (unpaired) electrons. The van der Waals surface area contributed by atoms with Gasteiger partial charge in [0.05, 0.1) is 17.9 Å². The monoisotopic (exact) mass is 239 g/mol. The zero-order valence-electron chi connectivity index (χ0n) is 9.91. The van der Waals surface area contributed by atoms with Gasteiger partial charge >= 0.3 is 0 Å². The normalized spacial score (nSPS) is 13.5. The van der Waals surface area contributed by atoms with Crippen molar-refractivity contribution in [2.75, 3.05) is 18.5 Å². The van der Waals surface area contributed by atoms with Crippen molar-refractivity contribution in [1.82, 2.24) is 10.2 Å². The first-order valence-corrected chi connectivity index (χ1v) is 5.25. The van der Waals surface area contributed by atoms with Gasteiger partial charge in [-0.25, -0.2) is 0 Å². The number of oxime groups is 1. The molecule has 0 spiro atoms. The molecule has 0 aromatic carbocycles. The van der Waals surface area contributed by atoms with Gasteiger partial charge in [-0.1, -0.05) is 5.16 Å². The topological polar surface area (TPSA) is 108 Å². The van der Waals surface area contributed by atoms with E-state index >= 15 is 0 Å². The van der Waals surface area contributed by atoms with Crippen LogP contribution in [0.1, 0.15) is 18.9 Å². The van der Waals surface area contributed by atoms with Crippen molar-refractivity contribution >= 4 is 11.7 Å². The van der Waals surface area contributed by atoms with Crippen LogP contribution in [-0.2, 0) is 0 Å². The van der Waals surface area contributed by atoms with Crippen LogP contribution in [0.25, 0.3) is 0 Å². The number of nitrogens with two attached hydrogens (primary N) is 1. The average molecular weight is 239 g/mol. The standard InChI is InChI=1S/C10H17N5O2/c1-7(16)4-6-15(2)10-8(9(11)14-17)3-5-12-13-10/h3,5,7,16-17H,4,6H2,1-2H3,(H2,11,14). The third-order valence-electron chi connectivity index (χ3n) is 2.33. The number of hydrogen-bond donors (Lipinski definition) is 3. The lowest BCUT2D eigenvalue weighted by molar-refractivity contribution is 0.187. The first-order chi connectivity index (χ1) is 8.06. The van der Waals surface area contributed by atoms with Gasteiger partial charge in [-0.05, 0) is 19.4 Å². The number of anilines is 1. The molecular formula is C10H17N5O2. The van der Waals surface area contributed by atoms with E-state index in [9.17, 15) is 5.11 Å². The summed E-state index contributed by atoms with van der Waals surface area (Å²) in [7, 11) is 1.81. The van der Waals surface area contributed by atoms with Gasteiger partial charge in [0.2, 0.25) is 0 Å². The van der Waals surface area contributed by atoms with Gasteiger partial charge in [-0.2, -0.15) is 5.10 Å². The first kappa shape index (κ1) is 13.2. The fraction of sp³-hybridized carbons (Fsp3) is 0.500. The molecule has 0 saturated carbocycles. The van der Waals surface area contributed by atoms with Crippen LogP contribution in [0.2, 0.25) is 0 Å². The van der Waals surface area contributed by atoms with Crippen LogP contribution in [0.5, 0.6) is 0 Å². The average Bonchev–Trinajstić information content (AvgIpc) is 2.34. The summed E-state index contributed by atoms with van der Waals surface area (Å²) in [6, 6.07) is 1.62. The second-order valence-corrected chi connectivity index (χ2v) is 3.81. The van der Waals surface area contributed by atoms with Gasteiger partial charge < -0.3 is 20.9 Å². The van der Waals surface area contributed by atoms with Crippen molar-refractivity contribution in [2.45, 2.75) is 19.4 Å². The maximum absolute atomic E-state index is 9.22. The number of aliphatic hydroxyl groups excluding tert-OH is 1. The van der Waals surface area contributed by atoms with E-state index < -0.39 is 0 Å². The molecule has 4 N–H and O–H groups in total. The van der Waals surface area contributed by atoms with Crippen molar-refractivity contribution in [1.29, 1.82) is 0 Å². The minimum absolute atomic E-state index is 0.0150. The second kappa shape index (κ2) is 6.00. The number of amidine groups is 1. The Hall–Kier alpha value is -1.89. The molecule has 7 nitrogen and oxygen atoms in total. The maximum Gasteiger partial charge on any atom is 0.173 e. The Balaban J connectivity index is 2.89. The van der Waals surface area contributed by atoms with Crippen molar-refractivity contribution in [2.24, 2.45) is 10.9 Å². The maximum atomic E-state index is 9.22. The van der Waals surface area contributed by atoms with E-state index in [2.05, 4.69) is 15.4 Å². The molecule has 1 atom stereocenters. The van der Waals surface area contributed by atoms with E-state index in [1.807, 2.05) is 0 Å². The van der Waals surface area contributed by atoms with E-state index in [1.54, 1.807) is 24.9 Å². The van der Waals surface area contributed by atoms with E-state index in [0.717, 1.165) is 0 Å². The Labute approximate surface area is 99.6 Å². The summed E-state index contributed by atoms with van der Waals surface area (Å²) in [5.41, 5.74) is 6.05. The van der Waals surface area contributed by atoms with Crippen LogP contribution in [0, 0.1) is 0 Å². The van der Waals surface area contributed by atoms with Crippen LogP contribution in [0.4, 0.5) is 5.82 Å². The predicted octanol–water partition coefficient (Wildman–Crippen LogP) is -0.222. The molecule has 1 heterocycles. The molecule has 0 saturated heterocycles. The van der Waals surface area contributed by atoms with E-state index in [1.165, 1.54) is 6.20 Å². The number of aromatic nitrogens is 2. The molecule has 1 aromatic rings. The van der Waals surface area contributed by atoms with Crippen molar-refractivity contribution in [3.8, 4) is 0 Å². The molecular weight excluding hydrogens is 222 g/mol. The minimum atomic E-state index is -0.388. The van der Waals surface area contributed by atoms with Gasteiger partial charge in [0, 0.05) is 13.6 Å². The van der Waals surface area contributed by atoms with Gasteiger partial charge in [0.25, 0.3) is 0 Å². The summed E-state index contributed by atoms with van der Waals surface area (Å²) in [5.74, 6) is 0.502. The minimum Gasteiger partial charge on any atom is -0.409 e. The first-order valence-electron chi connectivity index (χ1n) is 5.25. The van der Waals surface area contributed by atoms with Gasteiger partial charge in [0.15, 0.2) is 11.7 Å². The summed E-state index contributed by atoms with van der Waals surface area (Å²) >= 11 is 0. The lowest BCUT2D eigenvalue weighted by Crippen LogP contribution is -2.27. The predicted molar refractivity (Wildman–Crippen MR) is 64.1 cm³/mol. The van der Waals surface area contributed by atoms with E-state index in [4.69, 9.17) is 10.9 Å². The summed E-state index contributed by atoms with van der Waals surface area (Å²) in [6.45, 7) is 2.32. The van der Waals surface area contributed by atoms with Crippen LogP contribution in [-0.4, -0.2) is 46.0 Å². The summed E-state index contributed by atoms with van der Waals surface area (Å²) in [5, 5.41) is 28.5. The Morgan fingerprint density at radius 3 is 2.94 bits per heavy atom. The quantitative estimate of drug-likeness (QED) is 0.284. The molecule has 0 fully saturated rings. The van der Waals surface area contributed by atoms with Crippen molar-refractivity contribution in [3.63, 3.8) is 0 Å². The molecule has 0 aliphatic carbocycles. The van der Waals surface area contributed by atoms with Gasteiger partial charge in [-0.15, -0.1) is 5.10 Å². The lowest BCUT2D eigenvalue weighted by Gasteiger charge is -2.20. The molecule has 1 unspecified atom stereocenters. The highest BCUT2D eigenvalue weighted by atomic mass is 16.4. The molecule has 0 bridgehead atoms. The highest BCUT2D eigenvalue weighted by Gasteiger charge is 2.13. The third-order valence-corrected chi connectivity index (χ3v) is 2.33. The van der Waals surface area contributed by atoms with Crippen molar-refractivity contribution in [3.05, 3.63) is 17.8 Å². The Kier molecular flexibility index (Phi) is 4.65. The van der Waals surface area contributed by atoms with E-state index in [0.29, 0.717) is 24.3 Å². The summed E-state index contributed by atoms with van der Waals surface area (Å²) in [6.07, 6.45) is 1.68. The summed E-state index contributed by atoms with van der Waals surface area (Å²) in [4.78, 5) is 1.80. The van der Waals surface area contributed by atoms with Crippen molar-refractivity contribution < 1.29 is 10.3 Å². The third kappa shape index (κ3) is 3.56. The van der Waals surface area contributed by atoms with E-state index in [-0.39, 0.29) is 11.9 Å². The van der Waals surface area contributed by atoms with Crippen LogP contribution < -0.4 is 10.6 Å². The lowest BCUT2D eigenvalue weighted by atomic mass is 10.2. The molecule has 0 aliphatic rings. The van der Waals surface area contributed by atoms with Crippen LogP contribution >= 0.6 is 0 Å². The zero-order chi connectivity index (χ0) is 12.8. The summed E-state index contributed by atoms with van der Waals surface area (Å²) < 4.78 is 0.